The maximum Gasteiger partial charge on any atom is 0.340 e. The molecule has 3 rings (SSSR count). The second-order valence-electron chi connectivity index (χ2n) is 6.15. The molecule has 3 heterocycles. The number of piperazine rings is 1. The molecule has 0 radical (unpaired) electrons. The fraction of sp³-hybridized carbons (Fsp3) is 0.529. The first kappa shape index (κ1) is 19.8. The van der Waals surface area contributed by atoms with Gasteiger partial charge in [-0.15, -0.1) is 23.7 Å². The Balaban J connectivity index is 0.00000225. The van der Waals surface area contributed by atoms with Crippen LogP contribution in [-0.2, 0) is 4.74 Å². The highest BCUT2D eigenvalue weighted by Gasteiger charge is 2.23. The number of rotatable bonds is 4. The number of hydrogen-bond acceptors (Lipinski definition) is 6. The van der Waals surface area contributed by atoms with E-state index in [1.807, 2.05) is 20.8 Å². The SMILES string of the molecule is CCOC(=O)c1c(C)[nH]c(-c2csc(N3CCN(C)CC3)n2)c1C.Cl. The average Bonchev–Trinajstić information content (AvgIpc) is 3.13. The van der Waals surface area contributed by atoms with Crippen molar-refractivity contribution in [2.45, 2.75) is 20.8 Å². The molecule has 2 aromatic rings. The summed E-state index contributed by atoms with van der Waals surface area (Å²) in [5.41, 5.74) is 4.16. The molecule has 0 bridgehead atoms. The van der Waals surface area contributed by atoms with Crippen molar-refractivity contribution in [1.82, 2.24) is 14.9 Å². The molecule has 138 valence electrons. The van der Waals surface area contributed by atoms with E-state index in [1.165, 1.54) is 0 Å². The van der Waals surface area contributed by atoms with Crippen LogP contribution in [0.1, 0.15) is 28.5 Å². The summed E-state index contributed by atoms with van der Waals surface area (Å²) < 4.78 is 5.16. The third kappa shape index (κ3) is 3.99. The summed E-state index contributed by atoms with van der Waals surface area (Å²) in [7, 11) is 2.15. The maximum absolute atomic E-state index is 12.1. The van der Waals surface area contributed by atoms with Crippen molar-refractivity contribution in [3.8, 4) is 11.4 Å². The fourth-order valence-electron chi connectivity index (χ4n) is 3.04. The predicted molar refractivity (Wildman–Crippen MR) is 104 cm³/mol. The minimum Gasteiger partial charge on any atom is -0.462 e. The van der Waals surface area contributed by atoms with Crippen LogP contribution < -0.4 is 4.90 Å². The van der Waals surface area contributed by atoms with Gasteiger partial charge in [0, 0.05) is 37.3 Å². The fourth-order valence-corrected chi connectivity index (χ4v) is 3.91. The lowest BCUT2D eigenvalue weighted by Crippen LogP contribution is -2.44. The molecular weight excluding hydrogens is 360 g/mol. The molecule has 1 N–H and O–H groups in total. The second-order valence-corrected chi connectivity index (χ2v) is 6.99. The van der Waals surface area contributed by atoms with Gasteiger partial charge in [-0.25, -0.2) is 9.78 Å². The number of aromatic nitrogens is 2. The lowest BCUT2D eigenvalue weighted by Gasteiger charge is -2.32. The van der Waals surface area contributed by atoms with Gasteiger partial charge in [0.15, 0.2) is 5.13 Å². The predicted octanol–water partition coefficient (Wildman–Crippen LogP) is 3.11. The quantitative estimate of drug-likeness (QED) is 0.820. The van der Waals surface area contributed by atoms with E-state index in [2.05, 4.69) is 27.2 Å². The van der Waals surface area contributed by atoms with Crippen LogP contribution in [-0.4, -0.2) is 60.7 Å². The van der Waals surface area contributed by atoms with Crippen LogP contribution in [0.5, 0.6) is 0 Å². The summed E-state index contributed by atoms with van der Waals surface area (Å²) in [5, 5.41) is 3.10. The smallest absolute Gasteiger partial charge is 0.340 e. The number of hydrogen-bond donors (Lipinski definition) is 1. The van der Waals surface area contributed by atoms with Crippen molar-refractivity contribution in [3.05, 3.63) is 22.2 Å². The van der Waals surface area contributed by atoms with Gasteiger partial charge in [0.05, 0.1) is 17.9 Å². The maximum atomic E-state index is 12.1. The molecule has 1 saturated heterocycles. The summed E-state index contributed by atoms with van der Waals surface area (Å²) in [6, 6.07) is 0. The Labute approximate surface area is 158 Å². The number of nitrogens with one attached hydrogen (secondary N) is 1. The summed E-state index contributed by atoms with van der Waals surface area (Å²) in [5.74, 6) is -0.274. The molecule has 0 saturated carbocycles. The van der Waals surface area contributed by atoms with E-state index in [1.54, 1.807) is 11.3 Å². The van der Waals surface area contributed by atoms with Crippen molar-refractivity contribution in [2.75, 3.05) is 44.7 Å². The van der Waals surface area contributed by atoms with Crippen LogP contribution in [0.15, 0.2) is 5.38 Å². The third-order valence-electron chi connectivity index (χ3n) is 4.44. The lowest BCUT2D eigenvalue weighted by atomic mass is 10.1. The number of esters is 1. The minimum atomic E-state index is -0.274. The van der Waals surface area contributed by atoms with Crippen LogP contribution in [0.2, 0.25) is 0 Å². The number of likely N-dealkylation sites (N-methyl/N-ethyl adjacent to an activating group) is 1. The van der Waals surface area contributed by atoms with Gasteiger partial charge in [0.2, 0.25) is 0 Å². The molecule has 0 amide bonds. The van der Waals surface area contributed by atoms with E-state index in [9.17, 15) is 4.79 Å². The second kappa shape index (κ2) is 8.21. The number of H-pyrrole nitrogens is 1. The van der Waals surface area contributed by atoms with E-state index >= 15 is 0 Å². The van der Waals surface area contributed by atoms with Crippen molar-refractivity contribution in [3.63, 3.8) is 0 Å². The number of anilines is 1. The van der Waals surface area contributed by atoms with Gasteiger partial charge in [0.1, 0.15) is 5.69 Å². The minimum absolute atomic E-state index is 0. The molecule has 1 aliphatic heterocycles. The number of carbonyl (C=O) groups is 1. The Morgan fingerprint density at radius 1 is 1.32 bits per heavy atom. The van der Waals surface area contributed by atoms with Gasteiger partial charge in [0.25, 0.3) is 0 Å². The Morgan fingerprint density at radius 2 is 2.00 bits per heavy atom. The van der Waals surface area contributed by atoms with Gasteiger partial charge in [-0.05, 0) is 33.4 Å². The first-order chi connectivity index (χ1) is 11.5. The number of ether oxygens (including phenoxy) is 1. The highest BCUT2D eigenvalue weighted by molar-refractivity contribution is 7.14. The molecular formula is C17H25ClN4O2S. The summed E-state index contributed by atoms with van der Waals surface area (Å²) in [6.45, 7) is 10.2. The molecule has 0 atom stereocenters. The van der Waals surface area contributed by atoms with Crippen molar-refractivity contribution < 1.29 is 9.53 Å². The molecule has 0 aromatic carbocycles. The highest BCUT2D eigenvalue weighted by atomic mass is 35.5. The zero-order valence-corrected chi connectivity index (χ0v) is 16.7. The third-order valence-corrected chi connectivity index (χ3v) is 5.34. The largest absolute Gasteiger partial charge is 0.462 e. The number of aromatic amines is 1. The topological polar surface area (TPSA) is 61.5 Å². The van der Waals surface area contributed by atoms with E-state index < -0.39 is 0 Å². The van der Waals surface area contributed by atoms with Crippen molar-refractivity contribution >= 4 is 34.8 Å². The Morgan fingerprint density at radius 3 is 2.64 bits per heavy atom. The summed E-state index contributed by atoms with van der Waals surface area (Å²) >= 11 is 1.65. The van der Waals surface area contributed by atoms with Gasteiger partial charge in [-0.1, -0.05) is 0 Å². The zero-order valence-electron chi connectivity index (χ0n) is 15.1. The first-order valence-corrected chi connectivity index (χ1v) is 9.15. The number of thiazole rings is 1. The molecule has 8 heteroatoms. The monoisotopic (exact) mass is 384 g/mol. The number of aryl methyl sites for hydroxylation is 1. The normalized spacial score (nSPS) is 15.1. The highest BCUT2D eigenvalue weighted by Crippen LogP contribution is 2.32. The van der Waals surface area contributed by atoms with E-state index in [-0.39, 0.29) is 18.4 Å². The first-order valence-electron chi connectivity index (χ1n) is 8.27. The molecule has 2 aromatic heterocycles. The lowest BCUT2D eigenvalue weighted by molar-refractivity contribution is 0.0525. The summed E-state index contributed by atoms with van der Waals surface area (Å²) in [4.78, 5) is 24.9. The molecule has 1 aliphatic rings. The molecule has 0 unspecified atom stereocenters. The standard InChI is InChI=1S/C17H24N4O2S.ClH/c1-5-23-16(22)14-11(2)15(18-12(14)3)13-10-24-17(19-13)21-8-6-20(4)7-9-21;/h10,18H,5-9H2,1-4H3;1H. The Bertz CT molecular complexity index is 735. The Hall–Kier alpha value is -1.57. The van der Waals surface area contributed by atoms with Crippen LogP contribution >= 0.6 is 23.7 Å². The van der Waals surface area contributed by atoms with Crippen molar-refractivity contribution in [1.29, 1.82) is 0 Å². The molecule has 6 nitrogen and oxygen atoms in total. The van der Waals surface area contributed by atoms with Crippen LogP contribution in [0.3, 0.4) is 0 Å². The van der Waals surface area contributed by atoms with E-state index in [4.69, 9.17) is 9.72 Å². The Kier molecular flexibility index (Phi) is 6.48. The van der Waals surface area contributed by atoms with Crippen molar-refractivity contribution in [2.24, 2.45) is 0 Å². The summed E-state index contributed by atoms with van der Waals surface area (Å²) in [6.07, 6.45) is 0. The van der Waals surface area contributed by atoms with Gasteiger partial charge >= 0.3 is 5.97 Å². The van der Waals surface area contributed by atoms with Gasteiger partial charge < -0.3 is 19.5 Å². The van der Waals surface area contributed by atoms with Crippen LogP contribution in [0, 0.1) is 13.8 Å². The van der Waals surface area contributed by atoms with E-state index in [0.29, 0.717) is 12.2 Å². The number of carbonyl (C=O) groups excluding carboxylic acids is 1. The van der Waals surface area contributed by atoms with Gasteiger partial charge in [-0.2, -0.15) is 0 Å². The van der Waals surface area contributed by atoms with E-state index in [0.717, 1.165) is 54.0 Å². The molecule has 0 spiro atoms. The van der Waals surface area contributed by atoms with Crippen LogP contribution in [0.25, 0.3) is 11.4 Å². The number of halogens is 1. The van der Waals surface area contributed by atoms with Gasteiger partial charge in [-0.3, -0.25) is 0 Å². The van der Waals surface area contributed by atoms with Crippen LogP contribution in [0.4, 0.5) is 5.13 Å². The molecule has 25 heavy (non-hydrogen) atoms. The average molecular weight is 385 g/mol. The zero-order chi connectivity index (χ0) is 17.3. The molecule has 0 aliphatic carbocycles. The molecule has 1 fully saturated rings. The number of nitrogens with zero attached hydrogens (tertiary/aromatic N) is 3.